The third-order valence-electron chi connectivity index (χ3n) is 2.40. The van der Waals surface area contributed by atoms with E-state index in [2.05, 4.69) is 20.9 Å². The van der Waals surface area contributed by atoms with E-state index in [-0.39, 0.29) is 5.56 Å². The number of nitrogens with zero attached hydrogens (tertiary/aromatic N) is 2. The van der Waals surface area contributed by atoms with Crippen LogP contribution < -0.4 is 11.3 Å². The lowest BCUT2D eigenvalue weighted by Gasteiger charge is -2.07. The maximum atomic E-state index is 11.9. The smallest absolute Gasteiger partial charge is 0.261 e. The molecule has 2 rings (SSSR count). The number of nitrogen functional groups attached to an aromatic ring is 1. The maximum Gasteiger partial charge on any atom is 0.261 e. The van der Waals surface area contributed by atoms with Gasteiger partial charge in [0.1, 0.15) is 11.3 Å². The molecule has 1 heterocycles. The lowest BCUT2D eigenvalue weighted by Crippen LogP contribution is -2.20. The molecule has 0 aliphatic heterocycles. The minimum absolute atomic E-state index is 0.0782. The summed E-state index contributed by atoms with van der Waals surface area (Å²) in [6.45, 7) is 1.78. The zero-order valence-corrected chi connectivity index (χ0v) is 10.00. The Kier molecular flexibility index (Phi) is 2.26. The zero-order valence-electron chi connectivity index (χ0n) is 8.41. The molecule has 0 fully saturated rings. The predicted molar refractivity (Wildman–Crippen MR) is 63.8 cm³/mol. The molecule has 2 N–H and O–H groups in total. The monoisotopic (exact) mass is 267 g/mol. The van der Waals surface area contributed by atoms with Gasteiger partial charge in [-0.15, -0.1) is 0 Å². The van der Waals surface area contributed by atoms with Crippen molar-refractivity contribution in [3.05, 3.63) is 32.8 Å². The van der Waals surface area contributed by atoms with Crippen LogP contribution in [-0.4, -0.2) is 9.55 Å². The highest BCUT2D eigenvalue weighted by Crippen LogP contribution is 2.22. The van der Waals surface area contributed by atoms with Crippen molar-refractivity contribution >= 4 is 32.5 Å². The molecule has 4 nitrogen and oxygen atoms in total. The van der Waals surface area contributed by atoms with E-state index in [0.29, 0.717) is 22.4 Å². The van der Waals surface area contributed by atoms with E-state index in [9.17, 15) is 4.79 Å². The molecule has 0 saturated carbocycles. The van der Waals surface area contributed by atoms with Gasteiger partial charge in [-0.1, -0.05) is 15.9 Å². The highest BCUT2D eigenvalue weighted by molar-refractivity contribution is 9.10. The summed E-state index contributed by atoms with van der Waals surface area (Å²) >= 11 is 3.30. The van der Waals surface area contributed by atoms with Crippen molar-refractivity contribution in [2.45, 2.75) is 6.92 Å². The summed E-state index contributed by atoms with van der Waals surface area (Å²) in [4.78, 5) is 16.2. The minimum atomic E-state index is -0.0782. The van der Waals surface area contributed by atoms with Crippen molar-refractivity contribution in [3.8, 4) is 0 Å². The number of hydrogen-bond donors (Lipinski definition) is 1. The fraction of sp³-hybridized carbons (Fsp3) is 0.200. The molecule has 15 heavy (non-hydrogen) atoms. The van der Waals surface area contributed by atoms with Gasteiger partial charge in [-0.2, -0.15) is 0 Å². The van der Waals surface area contributed by atoms with Crippen molar-refractivity contribution in [1.29, 1.82) is 0 Å². The van der Waals surface area contributed by atoms with Crippen LogP contribution in [0.4, 0.5) is 5.69 Å². The highest BCUT2D eigenvalue weighted by Gasteiger charge is 2.08. The molecule has 0 spiro atoms. The van der Waals surface area contributed by atoms with Crippen molar-refractivity contribution in [2.75, 3.05) is 5.73 Å². The van der Waals surface area contributed by atoms with Crippen LogP contribution in [0.3, 0.4) is 0 Å². The summed E-state index contributed by atoms with van der Waals surface area (Å²) in [6.07, 6.45) is 0. The van der Waals surface area contributed by atoms with Crippen LogP contribution in [0.25, 0.3) is 10.9 Å². The van der Waals surface area contributed by atoms with Gasteiger partial charge < -0.3 is 5.73 Å². The molecule has 0 amide bonds. The highest BCUT2D eigenvalue weighted by atomic mass is 79.9. The van der Waals surface area contributed by atoms with Crippen LogP contribution in [0.15, 0.2) is 21.4 Å². The molecule has 0 saturated heterocycles. The molecule has 78 valence electrons. The number of hydrogen-bond acceptors (Lipinski definition) is 3. The number of aromatic nitrogens is 2. The summed E-state index contributed by atoms with van der Waals surface area (Å²) in [5, 5.41) is 0.537. The van der Waals surface area contributed by atoms with Gasteiger partial charge in [-0.25, -0.2) is 4.98 Å². The SMILES string of the molecule is Cc1nc2c(N)cc(Br)cc2c(=O)n1C. The second-order valence-electron chi connectivity index (χ2n) is 3.41. The Labute approximate surface area is 94.9 Å². The Morgan fingerprint density at radius 1 is 1.47 bits per heavy atom. The summed E-state index contributed by atoms with van der Waals surface area (Å²) in [7, 11) is 1.70. The molecule has 0 unspecified atom stereocenters. The van der Waals surface area contributed by atoms with Gasteiger partial charge >= 0.3 is 0 Å². The third kappa shape index (κ3) is 1.52. The Bertz CT molecular complexity index is 604. The summed E-state index contributed by atoms with van der Waals surface area (Å²) < 4.78 is 2.30. The summed E-state index contributed by atoms with van der Waals surface area (Å²) in [6, 6.07) is 3.48. The van der Waals surface area contributed by atoms with E-state index in [0.717, 1.165) is 4.47 Å². The average molecular weight is 268 g/mol. The Balaban J connectivity index is 3.06. The van der Waals surface area contributed by atoms with Gasteiger partial charge in [0.15, 0.2) is 0 Å². The van der Waals surface area contributed by atoms with E-state index in [4.69, 9.17) is 5.73 Å². The zero-order chi connectivity index (χ0) is 11.2. The Morgan fingerprint density at radius 2 is 2.13 bits per heavy atom. The molecule has 0 atom stereocenters. The number of anilines is 1. The number of rotatable bonds is 0. The van der Waals surface area contributed by atoms with Crippen molar-refractivity contribution in [1.82, 2.24) is 9.55 Å². The largest absolute Gasteiger partial charge is 0.397 e. The van der Waals surface area contributed by atoms with Gasteiger partial charge in [0.2, 0.25) is 0 Å². The molecule has 5 heteroatoms. The van der Waals surface area contributed by atoms with Gasteiger partial charge in [0.25, 0.3) is 5.56 Å². The first kappa shape index (κ1) is 10.2. The standard InChI is InChI=1S/C10H10BrN3O/c1-5-13-9-7(10(15)14(5)2)3-6(11)4-8(9)12/h3-4H,12H2,1-2H3. The summed E-state index contributed by atoms with van der Waals surface area (Å²) in [5.41, 5.74) is 6.81. The number of halogens is 1. The normalized spacial score (nSPS) is 10.9. The van der Waals surface area contributed by atoms with Crippen LogP contribution in [-0.2, 0) is 7.05 Å². The van der Waals surface area contributed by atoms with E-state index >= 15 is 0 Å². The van der Waals surface area contributed by atoms with Crippen molar-refractivity contribution < 1.29 is 0 Å². The average Bonchev–Trinajstić information content (AvgIpc) is 2.17. The van der Waals surface area contributed by atoms with Gasteiger partial charge in [0, 0.05) is 11.5 Å². The number of benzene rings is 1. The molecular formula is C10H10BrN3O. The van der Waals surface area contributed by atoms with Crippen molar-refractivity contribution in [3.63, 3.8) is 0 Å². The lowest BCUT2D eigenvalue weighted by molar-refractivity contribution is 0.792. The molecule has 2 aromatic rings. The molecule has 0 radical (unpaired) electrons. The molecular weight excluding hydrogens is 258 g/mol. The lowest BCUT2D eigenvalue weighted by atomic mass is 10.2. The molecule has 0 aliphatic carbocycles. The maximum absolute atomic E-state index is 11.9. The molecule has 1 aromatic heterocycles. The van der Waals surface area contributed by atoms with Gasteiger partial charge in [-0.3, -0.25) is 9.36 Å². The third-order valence-corrected chi connectivity index (χ3v) is 2.86. The van der Waals surface area contributed by atoms with Crippen LogP contribution in [0.5, 0.6) is 0 Å². The molecule has 0 bridgehead atoms. The second kappa shape index (κ2) is 3.34. The first-order valence-electron chi connectivity index (χ1n) is 4.43. The van der Waals surface area contributed by atoms with Gasteiger partial charge in [0.05, 0.1) is 11.1 Å². The predicted octanol–water partition coefficient (Wildman–Crippen LogP) is 1.59. The minimum Gasteiger partial charge on any atom is -0.397 e. The van der Waals surface area contributed by atoms with E-state index < -0.39 is 0 Å². The van der Waals surface area contributed by atoms with Crippen LogP contribution in [0.1, 0.15) is 5.82 Å². The van der Waals surface area contributed by atoms with Crippen LogP contribution in [0, 0.1) is 6.92 Å². The molecule has 0 aliphatic rings. The number of aryl methyl sites for hydroxylation is 1. The first-order valence-corrected chi connectivity index (χ1v) is 5.22. The number of fused-ring (bicyclic) bond motifs is 1. The summed E-state index contributed by atoms with van der Waals surface area (Å²) in [5.74, 6) is 0.654. The second-order valence-corrected chi connectivity index (χ2v) is 4.33. The van der Waals surface area contributed by atoms with Crippen LogP contribution >= 0.6 is 15.9 Å². The van der Waals surface area contributed by atoms with E-state index in [1.165, 1.54) is 4.57 Å². The number of nitrogens with two attached hydrogens (primary N) is 1. The Morgan fingerprint density at radius 3 is 2.80 bits per heavy atom. The van der Waals surface area contributed by atoms with Crippen LogP contribution in [0.2, 0.25) is 0 Å². The van der Waals surface area contributed by atoms with E-state index in [1.54, 1.807) is 26.1 Å². The fourth-order valence-corrected chi connectivity index (χ4v) is 1.95. The molecule has 1 aromatic carbocycles. The Hall–Kier alpha value is -1.36. The topological polar surface area (TPSA) is 60.9 Å². The van der Waals surface area contributed by atoms with Gasteiger partial charge in [-0.05, 0) is 19.1 Å². The van der Waals surface area contributed by atoms with Crippen molar-refractivity contribution in [2.24, 2.45) is 7.05 Å². The first-order chi connectivity index (χ1) is 7.00. The fourth-order valence-electron chi connectivity index (χ4n) is 1.47. The quantitative estimate of drug-likeness (QED) is 0.738. The van der Waals surface area contributed by atoms with E-state index in [1.807, 2.05) is 0 Å².